The molecular formula is C17H29NO. The number of hydrogen-bond acceptors (Lipinski definition) is 2. The Hall–Kier alpha value is -1.02. The van der Waals surface area contributed by atoms with E-state index < -0.39 is 0 Å². The van der Waals surface area contributed by atoms with Crippen LogP contribution < -0.4 is 10.1 Å². The Labute approximate surface area is 118 Å². The zero-order chi connectivity index (χ0) is 14.1. The highest BCUT2D eigenvalue weighted by atomic mass is 16.5. The molecule has 0 atom stereocenters. The molecule has 1 aromatic carbocycles. The van der Waals surface area contributed by atoms with Crippen LogP contribution in [0.5, 0.6) is 5.75 Å². The Kier molecular flexibility index (Phi) is 7.57. The molecule has 19 heavy (non-hydrogen) atoms. The summed E-state index contributed by atoms with van der Waals surface area (Å²) in [5, 5.41) is 3.49. The zero-order valence-corrected chi connectivity index (χ0v) is 13.0. The summed E-state index contributed by atoms with van der Waals surface area (Å²) in [6.07, 6.45) is 3.62. The van der Waals surface area contributed by atoms with E-state index in [1.54, 1.807) is 0 Å². The van der Waals surface area contributed by atoms with Gasteiger partial charge in [-0.25, -0.2) is 0 Å². The van der Waals surface area contributed by atoms with Crippen LogP contribution in [-0.2, 0) is 6.54 Å². The third kappa shape index (κ3) is 6.63. The van der Waals surface area contributed by atoms with Gasteiger partial charge in [0.15, 0.2) is 0 Å². The molecule has 0 unspecified atom stereocenters. The Bertz CT molecular complexity index is 360. The first-order valence-corrected chi connectivity index (χ1v) is 7.56. The molecule has 0 radical (unpaired) electrons. The average molecular weight is 263 g/mol. The molecule has 0 heterocycles. The van der Waals surface area contributed by atoms with Crippen LogP contribution >= 0.6 is 0 Å². The van der Waals surface area contributed by atoms with Gasteiger partial charge in [0, 0.05) is 12.1 Å². The molecule has 0 amide bonds. The molecule has 1 rings (SSSR count). The first-order chi connectivity index (χ1) is 9.13. The lowest BCUT2D eigenvalue weighted by molar-refractivity contribution is 0.302. The first kappa shape index (κ1) is 16.0. The number of hydrogen-bond donors (Lipinski definition) is 1. The smallest absolute Gasteiger partial charge is 0.123 e. The van der Waals surface area contributed by atoms with E-state index in [2.05, 4.69) is 51.2 Å². The number of rotatable bonds is 9. The van der Waals surface area contributed by atoms with Crippen LogP contribution in [0.15, 0.2) is 18.2 Å². The minimum Gasteiger partial charge on any atom is -0.493 e. The highest BCUT2D eigenvalue weighted by Gasteiger charge is 2.04. The van der Waals surface area contributed by atoms with Gasteiger partial charge in [-0.15, -0.1) is 0 Å². The summed E-state index contributed by atoms with van der Waals surface area (Å²) in [6, 6.07) is 6.46. The molecule has 0 fully saturated rings. The summed E-state index contributed by atoms with van der Waals surface area (Å²) < 4.78 is 5.91. The molecule has 2 nitrogen and oxygen atoms in total. The predicted octanol–water partition coefficient (Wildman–Crippen LogP) is 4.31. The fourth-order valence-electron chi connectivity index (χ4n) is 2.02. The van der Waals surface area contributed by atoms with Crippen molar-refractivity contribution >= 4 is 0 Å². The van der Waals surface area contributed by atoms with Gasteiger partial charge in [0.1, 0.15) is 5.75 Å². The third-order valence-corrected chi connectivity index (χ3v) is 3.09. The van der Waals surface area contributed by atoms with Crippen LogP contribution in [-0.4, -0.2) is 13.2 Å². The third-order valence-electron chi connectivity index (χ3n) is 3.09. The second kappa shape index (κ2) is 8.98. The topological polar surface area (TPSA) is 21.3 Å². The predicted molar refractivity (Wildman–Crippen MR) is 82.7 cm³/mol. The van der Waals surface area contributed by atoms with Crippen molar-refractivity contribution in [1.29, 1.82) is 0 Å². The van der Waals surface area contributed by atoms with Crippen molar-refractivity contribution in [2.24, 2.45) is 5.92 Å². The normalized spacial score (nSPS) is 11.0. The van der Waals surface area contributed by atoms with Crippen molar-refractivity contribution in [1.82, 2.24) is 5.32 Å². The molecular weight excluding hydrogens is 234 g/mol. The van der Waals surface area contributed by atoms with Crippen molar-refractivity contribution in [2.75, 3.05) is 13.2 Å². The van der Waals surface area contributed by atoms with Gasteiger partial charge >= 0.3 is 0 Å². The van der Waals surface area contributed by atoms with Gasteiger partial charge in [0.25, 0.3) is 0 Å². The fourth-order valence-corrected chi connectivity index (χ4v) is 2.02. The SMILES string of the molecule is CCCCCOc1ccc(C)cc1CNCC(C)C. The van der Waals surface area contributed by atoms with E-state index in [0.717, 1.165) is 31.9 Å². The number of nitrogens with one attached hydrogen (secondary N) is 1. The molecule has 0 aliphatic heterocycles. The number of ether oxygens (including phenoxy) is 1. The molecule has 0 bridgehead atoms. The van der Waals surface area contributed by atoms with Crippen molar-refractivity contribution in [3.05, 3.63) is 29.3 Å². The van der Waals surface area contributed by atoms with Crippen molar-refractivity contribution in [3.8, 4) is 5.75 Å². The van der Waals surface area contributed by atoms with Gasteiger partial charge in [-0.3, -0.25) is 0 Å². The van der Waals surface area contributed by atoms with Gasteiger partial charge in [-0.1, -0.05) is 51.3 Å². The Morgan fingerprint density at radius 2 is 2.00 bits per heavy atom. The second-order valence-corrected chi connectivity index (χ2v) is 5.69. The van der Waals surface area contributed by atoms with E-state index in [1.807, 2.05) is 0 Å². The molecule has 0 spiro atoms. The average Bonchev–Trinajstić information content (AvgIpc) is 2.36. The maximum absolute atomic E-state index is 5.91. The highest BCUT2D eigenvalue weighted by Crippen LogP contribution is 2.20. The maximum atomic E-state index is 5.91. The minimum atomic E-state index is 0.679. The van der Waals surface area contributed by atoms with Crippen molar-refractivity contribution in [2.45, 2.75) is 53.5 Å². The summed E-state index contributed by atoms with van der Waals surface area (Å²) in [6.45, 7) is 11.6. The standard InChI is InChI=1S/C17H29NO/c1-5-6-7-10-19-17-9-8-15(4)11-16(17)13-18-12-14(2)3/h8-9,11,14,18H,5-7,10,12-13H2,1-4H3. The van der Waals surface area contributed by atoms with Crippen LogP contribution in [0.3, 0.4) is 0 Å². The Morgan fingerprint density at radius 3 is 2.68 bits per heavy atom. The molecule has 1 aromatic rings. The van der Waals surface area contributed by atoms with Crippen LogP contribution in [0.2, 0.25) is 0 Å². The Morgan fingerprint density at radius 1 is 1.21 bits per heavy atom. The molecule has 1 N–H and O–H groups in total. The molecule has 0 aliphatic carbocycles. The second-order valence-electron chi connectivity index (χ2n) is 5.69. The van der Waals surface area contributed by atoms with Crippen molar-refractivity contribution < 1.29 is 4.74 Å². The lowest BCUT2D eigenvalue weighted by Gasteiger charge is -2.14. The lowest BCUT2D eigenvalue weighted by Crippen LogP contribution is -2.19. The highest BCUT2D eigenvalue weighted by molar-refractivity contribution is 5.36. The van der Waals surface area contributed by atoms with Crippen LogP contribution in [0, 0.1) is 12.8 Å². The van der Waals surface area contributed by atoms with Crippen LogP contribution in [0.4, 0.5) is 0 Å². The van der Waals surface area contributed by atoms with Gasteiger partial charge in [-0.2, -0.15) is 0 Å². The minimum absolute atomic E-state index is 0.679. The molecule has 108 valence electrons. The van der Waals surface area contributed by atoms with Gasteiger partial charge in [0.05, 0.1) is 6.61 Å². The lowest BCUT2D eigenvalue weighted by atomic mass is 10.1. The first-order valence-electron chi connectivity index (χ1n) is 7.56. The Balaban J connectivity index is 2.53. The summed E-state index contributed by atoms with van der Waals surface area (Å²) in [4.78, 5) is 0. The van der Waals surface area contributed by atoms with E-state index in [9.17, 15) is 0 Å². The summed E-state index contributed by atoms with van der Waals surface area (Å²) in [5.74, 6) is 1.72. The fraction of sp³-hybridized carbons (Fsp3) is 0.647. The van der Waals surface area contributed by atoms with Crippen molar-refractivity contribution in [3.63, 3.8) is 0 Å². The van der Waals surface area contributed by atoms with E-state index in [-0.39, 0.29) is 0 Å². The van der Waals surface area contributed by atoms with Gasteiger partial charge < -0.3 is 10.1 Å². The number of benzene rings is 1. The van der Waals surface area contributed by atoms with Crippen LogP contribution in [0.1, 0.15) is 51.2 Å². The van der Waals surface area contributed by atoms with E-state index in [0.29, 0.717) is 5.92 Å². The van der Waals surface area contributed by atoms with E-state index in [4.69, 9.17) is 4.74 Å². The maximum Gasteiger partial charge on any atom is 0.123 e. The largest absolute Gasteiger partial charge is 0.493 e. The van der Waals surface area contributed by atoms with Gasteiger partial charge in [0.2, 0.25) is 0 Å². The summed E-state index contributed by atoms with van der Waals surface area (Å²) in [7, 11) is 0. The van der Waals surface area contributed by atoms with Crippen LogP contribution in [0.25, 0.3) is 0 Å². The number of aryl methyl sites for hydroxylation is 1. The molecule has 0 aliphatic rings. The monoisotopic (exact) mass is 263 g/mol. The molecule has 0 aromatic heterocycles. The quantitative estimate of drug-likeness (QED) is 0.670. The van der Waals surface area contributed by atoms with E-state index in [1.165, 1.54) is 24.0 Å². The van der Waals surface area contributed by atoms with Gasteiger partial charge in [-0.05, 0) is 31.9 Å². The van der Waals surface area contributed by atoms with E-state index >= 15 is 0 Å². The zero-order valence-electron chi connectivity index (χ0n) is 13.0. The molecule has 0 saturated heterocycles. The molecule has 2 heteroatoms. The number of unbranched alkanes of at least 4 members (excludes halogenated alkanes) is 2. The molecule has 0 saturated carbocycles. The summed E-state index contributed by atoms with van der Waals surface area (Å²) >= 11 is 0. The summed E-state index contributed by atoms with van der Waals surface area (Å²) in [5.41, 5.74) is 2.57.